The maximum absolute atomic E-state index is 12.5. The van der Waals surface area contributed by atoms with Crippen LogP contribution in [-0.2, 0) is 19.6 Å². The number of hydrogen-bond donors (Lipinski definition) is 0. The number of sulfonamides is 1. The highest BCUT2D eigenvalue weighted by Gasteiger charge is 2.24. The second-order valence-corrected chi connectivity index (χ2v) is 6.69. The van der Waals surface area contributed by atoms with Crippen LogP contribution in [0.2, 0.25) is 0 Å². The summed E-state index contributed by atoms with van der Waals surface area (Å²) in [5.74, 6) is -0.317. The van der Waals surface area contributed by atoms with Crippen molar-refractivity contribution >= 4 is 16.0 Å². The number of esters is 1. The molecule has 0 atom stereocenters. The molecule has 0 bridgehead atoms. The lowest BCUT2D eigenvalue weighted by Crippen LogP contribution is -2.30. The zero-order valence-electron chi connectivity index (χ0n) is 12.0. The Kier molecular flexibility index (Phi) is 5.01. The van der Waals surface area contributed by atoms with Crippen LogP contribution in [-0.4, -0.2) is 31.8 Å². The van der Waals surface area contributed by atoms with E-state index in [-0.39, 0.29) is 17.3 Å². The number of hydrogen-bond acceptors (Lipinski definition) is 4. The van der Waals surface area contributed by atoms with E-state index in [9.17, 15) is 13.2 Å². The van der Waals surface area contributed by atoms with E-state index in [0.717, 1.165) is 12.0 Å². The highest BCUT2D eigenvalue weighted by Crippen LogP contribution is 2.24. The van der Waals surface area contributed by atoms with E-state index in [1.165, 1.54) is 4.31 Å². The van der Waals surface area contributed by atoms with Gasteiger partial charge in [0.1, 0.15) is 0 Å². The number of carbonyl (C=O) groups excluding carboxylic acids is 1. The topological polar surface area (TPSA) is 63.7 Å². The van der Waals surface area contributed by atoms with Crippen molar-refractivity contribution in [2.75, 3.05) is 13.2 Å². The van der Waals surface area contributed by atoms with Crippen LogP contribution in [0.5, 0.6) is 0 Å². The molecule has 1 aliphatic heterocycles. The van der Waals surface area contributed by atoms with Gasteiger partial charge in [-0.3, -0.25) is 9.10 Å². The first-order chi connectivity index (χ1) is 10.0. The summed E-state index contributed by atoms with van der Waals surface area (Å²) < 4.78 is 31.2. The van der Waals surface area contributed by atoms with Gasteiger partial charge >= 0.3 is 5.97 Å². The minimum absolute atomic E-state index is 0.147. The number of rotatable bonds is 5. The summed E-state index contributed by atoms with van der Waals surface area (Å²) in [7, 11) is -3.54. The maximum atomic E-state index is 12.5. The molecule has 0 saturated carbocycles. The molecule has 0 aromatic heterocycles. The molecular weight excluding hydrogens is 290 g/mol. The van der Waals surface area contributed by atoms with Crippen LogP contribution in [0.1, 0.15) is 26.2 Å². The Labute approximate surface area is 125 Å². The average molecular weight is 309 g/mol. The number of benzene rings is 1. The molecular formula is C15H19NO4S. The second-order valence-electron chi connectivity index (χ2n) is 4.80. The Morgan fingerprint density at radius 2 is 2.00 bits per heavy atom. The van der Waals surface area contributed by atoms with Crippen LogP contribution in [0.15, 0.2) is 47.0 Å². The van der Waals surface area contributed by atoms with E-state index < -0.39 is 10.0 Å². The van der Waals surface area contributed by atoms with Gasteiger partial charge < -0.3 is 4.74 Å². The highest BCUT2D eigenvalue weighted by atomic mass is 32.2. The van der Waals surface area contributed by atoms with Gasteiger partial charge in [0, 0.05) is 12.7 Å². The summed E-state index contributed by atoms with van der Waals surface area (Å²) in [6, 6.07) is 8.31. The van der Waals surface area contributed by atoms with Gasteiger partial charge in [-0.2, -0.15) is 0 Å². The highest BCUT2D eigenvalue weighted by molar-refractivity contribution is 7.89. The van der Waals surface area contributed by atoms with Crippen LogP contribution in [0.25, 0.3) is 0 Å². The smallest absolute Gasteiger partial charge is 0.309 e. The molecule has 5 nitrogen and oxygen atoms in total. The molecule has 0 N–H and O–H groups in total. The average Bonchev–Trinajstić information content (AvgIpc) is 2.48. The Morgan fingerprint density at radius 3 is 2.67 bits per heavy atom. The molecule has 1 aliphatic rings. The fraction of sp³-hybridized carbons (Fsp3) is 0.400. The number of carbonyl (C=O) groups is 1. The van der Waals surface area contributed by atoms with Crippen molar-refractivity contribution in [2.45, 2.75) is 31.1 Å². The third-order valence-electron chi connectivity index (χ3n) is 3.23. The zero-order chi connectivity index (χ0) is 15.3. The molecule has 1 heterocycles. The minimum atomic E-state index is -3.54. The fourth-order valence-electron chi connectivity index (χ4n) is 2.24. The van der Waals surface area contributed by atoms with Gasteiger partial charge in [-0.15, -0.1) is 0 Å². The van der Waals surface area contributed by atoms with Gasteiger partial charge in [-0.1, -0.05) is 18.2 Å². The molecule has 0 radical (unpaired) electrons. The molecule has 0 saturated heterocycles. The Balaban J connectivity index is 2.18. The Hall–Kier alpha value is -1.82. The van der Waals surface area contributed by atoms with Crippen molar-refractivity contribution in [3.05, 3.63) is 42.1 Å². The lowest BCUT2D eigenvalue weighted by atomic mass is 10.1. The number of ether oxygens (including phenoxy) is 1. The van der Waals surface area contributed by atoms with Gasteiger partial charge in [0.25, 0.3) is 10.0 Å². The van der Waals surface area contributed by atoms with Gasteiger partial charge in [-0.05, 0) is 37.5 Å². The number of nitrogens with zero attached hydrogens (tertiary/aromatic N) is 1. The van der Waals surface area contributed by atoms with E-state index in [1.54, 1.807) is 43.5 Å². The lowest BCUT2D eigenvalue weighted by molar-refractivity contribution is -0.142. The van der Waals surface area contributed by atoms with E-state index in [1.807, 2.05) is 0 Å². The fourth-order valence-corrected chi connectivity index (χ4v) is 3.67. The lowest BCUT2D eigenvalue weighted by Gasteiger charge is -2.26. The molecule has 1 aromatic carbocycles. The van der Waals surface area contributed by atoms with Gasteiger partial charge in [-0.25, -0.2) is 8.42 Å². The van der Waals surface area contributed by atoms with E-state index in [0.29, 0.717) is 19.6 Å². The van der Waals surface area contributed by atoms with Crippen LogP contribution >= 0.6 is 0 Å². The normalized spacial score (nSPS) is 15.5. The summed E-state index contributed by atoms with van der Waals surface area (Å²) in [6.07, 6.45) is 3.15. The van der Waals surface area contributed by atoms with Crippen molar-refractivity contribution in [1.82, 2.24) is 4.31 Å². The third-order valence-corrected chi connectivity index (χ3v) is 5.00. The molecule has 0 unspecified atom stereocenters. The molecule has 0 spiro atoms. The minimum Gasteiger partial charge on any atom is -0.466 e. The first kappa shape index (κ1) is 15.6. The summed E-state index contributed by atoms with van der Waals surface area (Å²) in [5, 5.41) is 0. The molecule has 2 rings (SSSR count). The molecule has 114 valence electrons. The Morgan fingerprint density at radius 1 is 1.29 bits per heavy atom. The van der Waals surface area contributed by atoms with Gasteiger partial charge in [0.15, 0.2) is 0 Å². The van der Waals surface area contributed by atoms with Crippen LogP contribution in [0.3, 0.4) is 0 Å². The summed E-state index contributed by atoms with van der Waals surface area (Å²) >= 11 is 0. The van der Waals surface area contributed by atoms with Crippen molar-refractivity contribution in [2.24, 2.45) is 0 Å². The molecule has 1 aromatic rings. The monoisotopic (exact) mass is 309 g/mol. The summed E-state index contributed by atoms with van der Waals surface area (Å²) in [4.78, 5) is 11.8. The second kappa shape index (κ2) is 6.76. The Bertz CT molecular complexity index is 622. The van der Waals surface area contributed by atoms with E-state index in [2.05, 4.69) is 0 Å². The maximum Gasteiger partial charge on any atom is 0.309 e. The largest absolute Gasteiger partial charge is 0.466 e. The summed E-state index contributed by atoms with van der Waals surface area (Å²) in [6.45, 7) is 2.51. The molecule has 0 amide bonds. The van der Waals surface area contributed by atoms with E-state index >= 15 is 0 Å². The van der Waals surface area contributed by atoms with Gasteiger partial charge in [0.2, 0.25) is 0 Å². The van der Waals surface area contributed by atoms with Crippen LogP contribution < -0.4 is 0 Å². The van der Waals surface area contributed by atoms with Crippen molar-refractivity contribution in [3.8, 4) is 0 Å². The SMILES string of the molecule is CCOC(=O)CC1=CN(S(=O)(=O)c2ccccc2)CCC1. The summed E-state index contributed by atoms with van der Waals surface area (Å²) in [5.41, 5.74) is 0.791. The van der Waals surface area contributed by atoms with Crippen molar-refractivity contribution < 1.29 is 17.9 Å². The molecule has 0 fully saturated rings. The first-order valence-electron chi connectivity index (χ1n) is 6.96. The zero-order valence-corrected chi connectivity index (χ0v) is 12.8. The predicted octanol–water partition coefficient (Wildman–Crippen LogP) is 2.31. The van der Waals surface area contributed by atoms with Gasteiger partial charge in [0.05, 0.1) is 17.9 Å². The molecule has 21 heavy (non-hydrogen) atoms. The third kappa shape index (κ3) is 3.85. The van der Waals surface area contributed by atoms with Crippen molar-refractivity contribution in [3.63, 3.8) is 0 Å². The molecule has 0 aliphatic carbocycles. The van der Waals surface area contributed by atoms with E-state index in [4.69, 9.17) is 4.74 Å². The standard InChI is InChI=1S/C15H19NO4S/c1-2-20-15(17)11-13-7-6-10-16(12-13)21(18,19)14-8-4-3-5-9-14/h3-5,8-9,12H,2,6-7,10-11H2,1H3. The quantitative estimate of drug-likeness (QED) is 0.783. The predicted molar refractivity (Wildman–Crippen MR) is 78.9 cm³/mol. The van der Waals surface area contributed by atoms with Crippen LogP contribution in [0.4, 0.5) is 0 Å². The van der Waals surface area contributed by atoms with Crippen molar-refractivity contribution in [1.29, 1.82) is 0 Å². The first-order valence-corrected chi connectivity index (χ1v) is 8.40. The van der Waals surface area contributed by atoms with Crippen LogP contribution in [0, 0.1) is 0 Å². The molecule has 6 heteroatoms.